The molecule has 0 radical (unpaired) electrons. The molecule has 0 amide bonds. The summed E-state index contributed by atoms with van der Waals surface area (Å²) in [7, 11) is 1.60. The van der Waals surface area contributed by atoms with Gasteiger partial charge in [0.25, 0.3) is 0 Å². The average Bonchev–Trinajstić information content (AvgIpc) is 2.88. The monoisotopic (exact) mass is 325 g/mol. The van der Waals surface area contributed by atoms with Crippen molar-refractivity contribution in [2.45, 2.75) is 19.8 Å². The van der Waals surface area contributed by atoms with Crippen LogP contribution in [-0.2, 0) is 6.42 Å². The van der Waals surface area contributed by atoms with Crippen molar-refractivity contribution in [3.8, 4) is 5.75 Å². The number of nitrogens with two attached hydrogens (primary N) is 1. The highest BCUT2D eigenvalue weighted by molar-refractivity contribution is 5.92. The smallest absolute Gasteiger partial charge is 0.333 e. The van der Waals surface area contributed by atoms with Crippen molar-refractivity contribution < 1.29 is 9.53 Å². The second-order valence-corrected chi connectivity index (χ2v) is 5.74. The normalized spacial score (nSPS) is 10.9. The van der Waals surface area contributed by atoms with Crippen molar-refractivity contribution in [3.63, 3.8) is 0 Å². The van der Waals surface area contributed by atoms with Crippen molar-refractivity contribution in [2.75, 3.05) is 12.8 Å². The lowest BCUT2D eigenvalue weighted by Gasteiger charge is -2.06. The standard InChI is InChI=1S/C18H19N3O3/c1-11-8-16-15(10-14(11)19)20-18(23)21(16)17(22)7-6-12-4-3-5-13(9-12)24-2/h3-5,8-10H,6-7,19H2,1-2H3,(H,20,23). The SMILES string of the molecule is COc1cccc(CCC(=O)n2c(=O)[nH]c3cc(N)c(C)cc32)c1. The van der Waals surface area contributed by atoms with E-state index in [9.17, 15) is 9.59 Å². The quantitative estimate of drug-likeness (QED) is 0.721. The number of imidazole rings is 1. The van der Waals surface area contributed by atoms with E-state index >= 15 is 0 Å². The minimum atomic E-state index is -0.439. The number of carbonyl (C=O) groups excluding carboxylic acids is 1. The molecule has 0 unspecified atom stereocenters. The minimum absolute atomic E-state index is 0.226. The Morgan fingerprint density at radius 1 is 1.29 bits per heavy atom. The van der Waals surface area contributed by atoms with Crippen molar-refractivity contribution in [2.24, 2.45) is 0 Å². The number of anilines is 1. The number of methoxy groups -OCH3 is 1. The van der Waals surface area contributed by atoms with Gasteiger partial charge in [-0.25, -0.2) is 9.36 Å². The lowest BCUT2D eigenvalue weighted by atomic mass is 10.1. The molecule has 0 fully saturated rings. The average molecular weight is 325 g/mol. The number of benzene rings is 2. The van der Waals surface area contributed by atoms with Crippen LogP contribution in [0, 0.1) is 6.92 Å². The van der Waals surface area contributed by atoms with Crippen LogP contribution < -0.4 is 16.2 Å². The fourth-order valence-electron chi connectivity index (χ4n) is 2.71. The summed E-state index contributed by atoms with van der Waals surface area (Å²) in [6.07, 6.45) is 0.757. The predicted molar refractivity (Wildman–Crippen MR) is 93.6 cm³/mol. The maximum absolute atomic E-state index is 12.5. The number of nitrogens with one attached hydrogen (secondary N) is 1. The number of H-pyrrole nitrogens is 1. The number of ether oxygens (including phenoxy) is 1. The van der Waals surface area contributed by atoms with Crippen molar-refractivity contribution in [1.29, 1.82) is 0 Å². The van der Waals surface area contributed by atoms with E-state index in [1.807, 2.05) is 31.2 Å². The summed E-state index contributed by atoms with van der Waals surface area (Å²) in [5.74, 6) is 0.494. The minimum Gasteiger partial charge on any atom is -0.497 e. The van der Waals surface area contributed by atoms with Gasteiger partial charge >= 0.3 is 5.69 Å². The van der Waals surface area contributed by atoms with Gasteiger partial charge in [-0.3, -0.25) is 4.79 Å². The molecular formula is C18H19N3O3. The number of fused-ring (bicyclic) bond motifs is 1. The van der Waals surface area contributed by atoms with Crippen LogP contribution in [0.2, 0.25) is 0 Å². The van der Waals surface area contributed by atoms with Gasteiger partial charge in [-0.15, -0.1) is 0 Å². The van der Waals surface area contributed by atoms with E-state index in [1.54, 1.807) is 19.2 Å². The Kier molecular flexibility index (Phi) is 4.12. The van der Waals surface area contributed by atoms with Gasteiger partial charge in [0.2, 0.25) is 5.91 Å². The number of aromatic nitrogens is 2. The maximum Gasteiger partial charge on any atom is 0.333 e. The highest BCUT2D eigenvalue weighted by Gasteiger charge is 2.15. The molecule has 0 atom stereocenters. The first-order valence-electron chi connectivity index (χ1n) is 7.66. The molecule has 24 heavy (non-hydrogen) atoms. The summed E-state index contributed by atoms with van der Waals surface area (Å²) in [6, 6.07) is 11.0. The van der Waals surface area contributed by atoms with E-state index < -0.39 is 5.69 Å². The number of aromatic amines is 1. The Morgan fingerprint density at radius 3 is 2.83 bits per heavy atom. The second-order valence-electron chi connectivity index (χ2n) is 5.74. The third-order valence-electron chi connectivity index (χ3n) is 4.08. The molecule has 3 N–H and O–H groups in total. The summed E-state index contributed by atoms with van der Waals surface area (Å²) in [6.45, 7) is 1.84. The van der Waals surface area contributed by atoms with Crippen LogP contribution in [0.4, 0.5) is 5.69 Å². The largest absolute Gasteiger partial charge is 0.497 e. The van der Waals surface area contributed by atoms with Gasteiger partial charge in [-0.05, 0) is 48.7 Å². The Hall–Kier alpha value is -3.02. The number of aryl methyl sites for hydroxylation is 2. The number of nitrogens with zero attached hydrogens (tertiary/aromatic N) is 1. The molecule has 0 saturated carbocycles. The molecule has 124 valence electrons. The van der Waals surface area contributed by atoms with Crippen LogP contribution in [0.25, 0.3) is 11.0 Å². The number of nitrogen functional groups attached to an aromatic ring is 1. The molecule has 1 aromatic heterocycles. The Bertz CT molecular complexity index is 969. The molecule has 0 saturated heterocycles. The highest BCUT2D eigenvalue weighted by Crippen LogP contribution is 2.20. The maximum atomic E-state index is 12.5. The summed E-state index contributed by atoms with van der Waals surface area (Å²) in [5.41, 5.74) is 8.94. The van der Waals surface area contributed by atoms with Gasteiger partial charge in [0, 0.05) is 12.1 Å². The Morgan fingerprint density at radius 2 is 2.08 bits per heavy atom. The van der Waals surface area contributed by atoms with Gasteiger partial charge in [0.1, 0.15) is 5.75 Å². The van der Waals surface area contributed by atoms with Gasteiger partial charge in [-0.2, -0.15) is 0 Å². The molecule has 3 rings (SSSR count). The van der Waals surface area contributed by atoms with E-state index in [0.29, 0.717) is 23.1 Å². The van der Waals surface area contributed by atoms with E-state index in [2.05, 4.69) is 4.98 Å². The molecule has 1 heterocycles. The van der Waals surface area contributed by atoms with Crippen LogP contribution in [0.3, 0.4) is 0 Å². The molecule has 0 aliphatic rings. The number of hydrogen-bond donors (Lipinski definition) is 2. The molecular weight excluding hydrogens is 306 g/mol. The molecule has 3 aromatic rings. The lowest BCUT2D eigenvalue weighted by Crippen LogP contribution is -2.24. The molecule has 0 aliphatic heterocycles. The van der Waals surface area contributed by atoms with Crippen LogP contribution in [0.1, 0.15) is 22.3 Å². The van der Waals surface area contributed by atoms with Gasteiger partial charge < -0.3 is 15.5 Å². The zero-order valence-electron chi connectivity index (χ0n) is 13.6. The van der Waals surface area contributed by atoms with E-state index in [0.717, 1.165) is 16.9 Å². The van der Waals surface area contributed by atoms with E-state index in [-0.39, 0.29) is 12.3 Å². The van der Waals surface area contributed by atoms with Crippen molar-refractivity contribution in [3.05, 3.63) is 58.0 Å². The zero-order valence-corrected chi connectivity index (χ0v) is 13.6. The molecule has 6 heteroatoms. The second kappa shape index (κ2) is 6.23. The van der Waals surface area contributed by atoms with Crippen LogP contribution in [0.5, 0.6) is 5.75 Å². The van der Waals surface area contributed by atoms with Crippen LogP contribution in [0.15, 0.2) is 41.2 Å². The fourth-order valence-corrected chi connectivity index (χ4v) is 2.71. The Balaban J connectivity index is 1.87. The highest BCUT2D eigenvalue weighted by atomic mass is 16.5. The first-order chi connectivity index (χ1) is 11.5. The zero-order chi connectivity index (χ0) is 17.3. The van der Waals surface area contributed by atoms with Crippen LogP contribution >= 0.6 is 0 Å². The first kappa shape index (κ1) is 15.9. The van der Waals surface area contributed by atoms with Crippen molar-refractivity contribution in [1.82, 2.24) is 9.55 Å². The number of carbonyl (C=O) groups is 1. The molecule has 0 aliphatic carbocycles. The summed E-state index contributed by atoms with van der Waals surface area (Å²) in [5, 5.41) is 0. The van der Waals surface area contributed by atoms with Crippen molar-refractivity contribution >= 4 is 22.6 Å². The summed E-state index contributed by atoms with van der Waals surface area (Å²) < 4.78 is 6.36. The summed E-state index contributed by atoms with van der Waals surface area (Å²) >= 11 is 0. The van der Waals surface area contributed by atoms with Gasteiger partial charge in [0.15, 0.2) is 0 Å². The number of rotatable bonds is 4. The predicted octanol–water partition coefficient (Wildman–Crippen LogP) is 2.50. The third-order valence-corrected chi connectivity index (χ3v) is 4.08. The Labute approximate surface area is 138 Å². The lowest BCUT2D eigenvalue weighted by molar-refractivity contribution is 0.0904. The molecule has 2 aromatic carbocycles. The first-order valence-corrected chi connectivity index (χ1v) is 7.66. The fraction of sp³-hybridized carbons (Fsp3) is 0.222. The topological polar surface area (TPSA) is 90.1 Å². The van der Waals surface area contributed by atoms with Gasteiger partial charge in [-0.1, -0.05) is 12.1 Å². The van der Waals surface area contributed by atoms with Crippen LogP contribution in [-0.4, -0.2) is 22.6 Å². The molecule has 0 spiro atoms. The van der Waals surface area contributed by atoms with E-state index in [4.69, 9.17) is 10.5 Å². The van der Waals surface area contributed by atoms with Gasteiger partial charge in [0.05, 0.1) is 18.1 Å². The molecule has 6 nitrogen and oxygen atoms in total. The third kappa shape index (κ3) is 2.90. The van der Waals surface area contributed by atoms with E-state index in [1.165, 1.54) is 4.57 Å². The molecule has 0 bridgehead atoms. The number of hydrogen-bond acceptors (Lipinski definition) is 4. The summed E-state index contributed by atoms with van der Waals surface area (Å²) in [4.78, 5) is 27.4.